The minimum atomic E-state index is -0.717. The van der Waals surface area contributed by atoms with E-state index in [4.69, 9.17) is 0 Å². The maximum Gasteiger partial charge on any atom is 0.325 e. The lowest BCUT2D eigenvalue weighted by Crippen LogP contribution is -2.49. The first-order valence-electron chi connectivity index (χ1n) is 8.00. The van der Waals surface area contributed by atoms with Gasteiger partial charge in [-0.1, -0.05) is 6.92 Å². The molecule has 0 radical (unpaired) electrons. The number of carbonyl (C=O) groups is 5. The Balaban J connectivity index is 4.23. The Bertz CT molecular complexity index is 514. The predicted octanol–water partition coefficient (Wildman–Crippen LogP) is -1.84. The van der Waals surface area contributed by atoms with E-state index in [0.717, 1.165) is 0 Å². The summed E-state index contributed by atoms with van der Waals surface area (Å²) in [5.41, 5.74) is 0. The van der Waals surface area contributed by atoms with Gasteiger partial charge in [-0.3, -0.25) is 24.0 Å². The van der Waals surface area contributed by atoms with Crippen LogP contribution in [0.2, 0.25) is 0 Å². The lowest BCUT2D eigenvalue weighted by Gasteiger charge is -2.17. The van der Waals surface area contributed by atoms with E-state index in [9.17, 15) is 24.0 Å². The van der Waals surface area contributed by atoms with Gasteiger partial charge < -0.3 is 26.0 Å². The molecule has 0 heterocycles. The van der Waals surface area contributed by atoms with E-state index in [2.05, 4.69) is 26.0 Å². The van der Waals surface area contributed by atoms with Gasteiger partial charge in [0.05, 0.1) is 20.2 Å². The van der Waals surface area contributed by atoms with Crippen LogP contribution in [0, 0.1) is 0 Å². The molecule has 1 atom stereocenters. The molecule has 0 saturated heterocycles. The molecule has 0 aliphatic carbocycles. The first-order chi connectivity index (χ1) is 12.3. The number of carbonyl (C=O) groups excluding carboxylic acids is 5. The molecule has 11 heteroatoms. The van der Waals surface area contributed by atoms with Crippen molar-refractivity contribution in [3.8, 4) is 0 Å². The number of nitrogens with one attached hydrogen (secondary N) is 4. The van der Waals surface area contributed by atoms with Crippen LogP contribution in [0.5, 0.6) is 0 Å². The van der Waals surface area contributed by atoms with Crippen LogP contribution < -0.4 is 21.3 Å². The van der Waals surface area contributed by atoms with Crippen molar-refractivity contribution in [1.29, 1.82) is 0 Å². The highest BCUT2D eigenvalue weighted by molar-refractivity contribution is 7.98. The third-order valence-corrected chi connectivity index (χ3v) is 3.75. The molecule has 0 bridgehead atoms. The zero-order chi connectivity index (χ0) is 19.9. The van der Waals surface area contributed by atoms with Gasteiger partial charge in [0.25, 0.3) is 0 Å². The molecular weight excluding hydrogens is 364 g/mol. The second-order valence-electron chi connectivity index (χ2n) is 5.10. The van der Waals surface area contributed by atoms with Crippen LogP contribution >= 0.6 is 11.8 Å². The molecule has 26 heavy (non-hydrogen) atoms. The Morgan fingerprint density at radius 3 is 2.04 bits per heavy atom. The van der Waals surface area contributed by atoms with Gasteiger partial charge in [-0.15, -0.1) is 0 Å². The van der Waals surface area contributed by atoms with Gasteiger partial charge in [0.2, 0.25) is 23.6 Å². The molecule has 0 aromatic rings. The van der Waals surface area contributed by atoms with Crippen molar-refractivity contribution in [2.24, 2.45) is 0 Å². The summed E-state index contributed by atoms with van der Waals surface area (Å²) in [6.45, 7) is 0.711. The minimum Gasteiger partial charge on any atom is -0.468 e. The molecule has 0 aromatic heterocycles. The highest BCUT2D eigenvalue weighted by Gasteiger charge is 2.20. The van der Waals surface area contributed by atoms with E-state index in [1.165, 1.54) is 18.9 Å². The summed E-state index contributed by atoms with van der Waals surface area (Å²) >= 11 is 1.54. The summed E-state index contributed by atoms with van der Waals surface area (Å²) in [6, 6.07) is -0.717. The standard InChI is InChI=1S/C15H26N4O6S/c1-4-11(20)19-10(5-6-26-3)15(24)18-8-13(22)16-7-12(21)17-9-14(23)25-2/h10H,4-9H2,1-3H3,(H,16,22)(H,17,21)(H,18,24)(H,19,20)/t10-/m0/s1. The fraction of sp³-hybridized carbons (Fsp3) is 0.667. The van der Waals surface area contributed by atoms with Crippen molar-refractivity contribution in [3.05, 3.63) is 0 Å². The van der Waals surface area contributed by atoms with Gasteiger partial charge in [0.15, 0.2) is 0 Å². The second-order valence-corrected chi connectivity index (χ2v) is 6.09. The van der Waals surface area contributed by atoms with Gasteiger partial charge >= 0.3 is 5.97 Å². The summed E-state index contributed by atoms with van der Waals surface area (Å²) in [4.78, 5) is 57.5. The monoisotopic (exact) mass is 390 g/mol. The Labute approximate surface area is 156 Å². The lowest BCUT2D eigenvalue weighted by atomic mass is 10.2. The first kappa shape index (κ1) is 23.7. The number of ether oxygens (including phenoxy) is 1. The minimum absolute atomic E-state index is 0.252. The van der Waals surface area contributed by atoms with E-state index in [0.29, 0.717) is 12.2 Å². The smallest absolute Gasteiger partial charge is 0.325 e. The van der Waals surface area contributed by atoms with Crippen molar-refractivity contribution < 1.29 is 28.7 Å². The van der Waals surface area contributed by atoms with Crippen molar-refractivity contribution in [3.63, 3.8) is 0 Å². The third kappa shape index (κ3) is 11.3. The number of hydrogen-bond donors (Lipinski definition) is 4. The average Bonchev–Trinajstić information content (AvgIpc) is 2.65. The second kappa shape index (κ2) is 13.9. The zero-order valence-corrected chi connectivity index (χ0v) is 16.0. The average molecular weight is 390 g/mol. The normalized spacial score (nSPS) is 11.0. The molecular formula is C15H26N4O6S. The van der Waals surface area contributed by atoms with E-state index < -0.39 is 29.7 Å². The molecule has 10 nitrogen and oxygen atoms in total. The van der Waals surface area contributed by atoms with Crippen LogP contribution in [0.15, 0.2) is 0 Å². The summed E-state index contributed by atoms with van der Waals surface area (Å²) in [5.74, 6) is -1.79. The van der Waals surface area contributed by atoms with Gasteiger partial charge in [0, 0.05) is 6.42 Å². The Kier molecular flexibility index (Phi) is 12.7. The molecule has 0 unspecified atom stereocenters. The molecule has 0 spiro atoms. The molecule has 148 valence electrons. The van der Waals surface area contributed by atoms with Crippen molar-refractivity contribution >= 4 is 41.4 Å². The maximum absolute atomic E-state index is 12.1. The molecule has 0 aliphatic rings. The van der Waals surface area contributed by atoms with Crippen molar-refractivity contribution in [1.82, 2.24) is 21.3 Å². The molecule has 0 rings (SSSR count). The fourth-order valence-corrected chi connectivity index (χ4v) is 2.11. The Hall–Kier alpha value is -2.30. The first-order valence-corrected chi connectivity index (χ1v) is 9.39. The number of thioether (sulfide) groups is 1. The van der Waals surface area contributed by atoms with Crippen LogP contribution in [0.4, 0.5) is 0 Å². The summed E-state index contributed by atoms with van der Waals surface area (Å²) in [5, 5.41) is 9.59. The number of amides is 4. The van der Waals surface area contributed by atoms with Crippen LogP contribution in [0.25, 0.3) is 0 Å². The van der Waals surface area contributed by atoms with Gasteiger partial charge in [-0.2, -0.15) is 11.8 Å². The van der Waals surface area contributed by atoms with Gasteiger partial charge in [0.1, 0.15) is 12.6 Å². The Morgan fingerprint density at radius 2 is 1.50 bits per heavy atom. The quantitative estimate of drug-likeness (QED) is 0.287. The SMILES string of the molecule is CCC(=O)N[C@@H](CCSC)C(=O)NCC(=O)NCC(=O)NCC(=O)OC. The highest BCUT2D eigenvalue weighted by Crippen LogP contribution is 2.01. The fourth-order valence-electron chi connectivity index (χ4n) is 1.64. The molecule has 0 fully saturated rings. The molecule has 4 amide bonds. The summed E-state index contributed by atoms with van der Waals surface area (Å²) in [7, 11) is 1.19. The van der Waals surface area contributed by atoms with Crippen molar-refractivity contribution in [2.75, 3.05) is 38.8 Å². The molecule has 0 saturated carbocycles. The lowest BCUT2D eigenvalue weighted by molar-refractivity contribution is -0.141. The number of rotatable bonds is 12. The zero-order valence-electron chi connectivity index (χ0n) is 15.2. The molecule has 4 N–H and O–H groups in total. The van der Waals surface area contributed by atoms with Crippen LogP contribution in [-0.4, -0.2) is 74.4 Å². The topological polar surface area (TPSA) is 143 Å². The van der Waals surface area contributed by atoms with Crippen molar-refractivity contribution in [2.45, 2.75) is 25.8 Å². The van der Waals surface area contributed by atoms with Crippen LogP contribution in [0.1, 0.15) is 19.8 Å². The number of esters is 1. The number of methoxy groups -OCH3 is 1. The van der Waals surface area contributed by atoms with E-state index in [-0.39, 0.29) is 32.0 Å². The van der Waals surface area contributed by atoms with E-state index >= 15 is 0 Å². The third-order valence-electron chi connectivity index (χ3n) is 3.11. The highest BCUT2D eigenvalue weighted by atomic mass is 32.2. The predicted molar refractivity (Wildman–Crippen MR) is 96.3 cm³/mol. The van der Waals surface area contributed by atoms with E-state index in [1.54, 1.807) is 6.92 Å². The summed E-state index contributed by atoms with van der Waals surface area (Å²) < 4.78 is 4.36. The summed E-state index contributed by atoms with van der Waals surface area (Å²) in [6.07, 6.45) is 2.58. The van der Waals surface area contributed by atoms with Crippen LogP contribution in [-0.2, 0) is 28.7 Å². The molecule has 0 aliphatic heterocycles. The number of hydrogen-bond acceptors (Lipinski definition) is 7. The van der Waals surface area contributed by atoms with Gasteiger partial charge in [-0.25, -0.2) is 0 Å². The Morgan fingerprint density at radius 1 is 0.923 bits per heavy atom. The maximum atomic E-state index is 12.1. The largest absolute Gasteiger partial charge is 0.468 e. The molecule has 0 aromatic carbocycles. The van der Waals surface area contributed by atoms with Gasteiger partial charge in [-0.05, 0) is 18.4 Å². The van der Waals surface area contributed by atoms with Crippen LogP contribution in [0.3, 0.4) is 0 Å². The van der Waals surface area contributed by atoms with E-state index in [1.807, 2.05) is 6.26 Å².